The zero-order valence-corrected chi connectivity index (χ0v) is 21.4. The van der Waals surface area contributed by atoms with Crippen molar-refractivity contribution in [2.45, 2.75) is 19.9 Å². The lowest BCUT2D eigenvalue weighted by Crippen LogP contribution is -2.22. The van der Waals surface area contributed by atoms with Gasteiger partial charge in [-0.05, 0) is 61.4 Å². The summed E-state index contributed by atoms with van der Waals surface area (Å²) in [6.07, 6.45) is 6.22. The van der Waals surface area contributed by atoms with Gasteiger partial charge in [0, 0.05) is 52.1 Å². The molecule has 0 bridgehead atoms. The number of hydrogen-bond acceptors (Lipinski definition) is 8. The normalized spacial score (nSPS) is 13.5. The van der Waals surface area contributed by atoms with Crippen molar-refractivity contribution in [3.63, 3.8) is 0 Å². The summed E-state index contributed by atoms with van der Waals surface area (Å²) in [7, 11) is 0. The molecule has 3 aromatic heterocycles. The summed E-state index contributed by atoms with van der Waals surface area (Å²) in [5.74, 6) is 0.775. The van der Waals surface area contributed by atoms with Crippen LogP contribution in [0.5, 0.6) is 0 Å². The van der Waals surface area contributed by atoms with Gasteiger partial charge in [-0.1, -0.05) is 35.9 Å². The zero-order chi connectivity index (χ0) is 26.1. The molecular formula is C28H24ClN7O2. The number of nitrogens with zero attached hydrogens (tertiary/aromatic N) is 5. The Bertz CT molecular complexity index is 1710. The van der Waals surface area contributed by atoms with Gasteiger partial charge in [0.1, 0.15) is 5.65 Å². The van der Waals surface area contributed by atoms with Crippen molar-refractivity contribution < 1.29 is 4.42 Å². The molecule has 0 unspecified atom stereocenters. The van der Waals surface area contributed by atoms with E-state index in [0.717, 1.165) is 30.6 Å². The molecule has 0 aliphatic carbocycles. The van der Waals surface area contributed by atoms with Crippen LogP contribution in [0.4, 0.5) is 11.6 Å². The van der Waals surface area contributed by atoms with Crippen molar-refractivity contribution >= 4 is 39.8 Å². The molecule has 10 heteroatoms. The van der Waals surface area contributed by atoms with Crippen LogP contribution in [0.1, 0.15) is 18.9 Å². The fourth-order valence-electron chi connectivity index (χ4n) is 4.65. The molecule has 9 nitrogen and oxygen atoms in total. The Morgan fingerprint density at radius 2 is 1.95 bits per heavy atom. The SMILES string of the molecule is CCn1c(=O)c(-c2ccc(-c3nnco3)cc2Cl)cc2cnc(Nc3ccc(C4=CCNCC4)cc3)nc21. The molecule has 0 fully saturated rings. The van der Waals surface area contributed by atoms with Gasteiger partial charge in [-0.25, -0.2) is 4.98 Å². The Morgan fingerprint density at radius 3 is 2.66 bits per heavy atom. The van der Waals surface area contributed by atoms with Gasteiger partial charge in [-0.3, -0.25) is 9.36 Å². The Morgan fingerprint density at radius 1 is 1.11 bits per heavy atom. The minimum atomic E-state index is -0.184. The average molecular weight is 526 g/mol. The van der Waals surface area contributed by atoms with Gasteiger partial charge < -0.3 is 15.1 Å². The Labute approximate surface area is 223 Å². The minimum absolute atomic E-state index is 0.184. The first-order valence-corrected chi connectivity index (χ1v) is 12.7. The molecule has 5 aromatic rings. The third-order valence-electron chi connectivity index (χ3n) is 6.59. The summed E-state index contributed by atoms with van der Waals surface area (Å²) in [5, 5.41) is 15.3. The second-order valence-corrected chi connectivity index (χ2v) is 9.31. The van der Waals surface area contributed by atoms with Crippen LogP contribution in [0.25, 0.3) is 39.2 Å². The largest absolute Gasteiger partial charge is 0.423 e. The number of pyridine rings is 1. The lowest BCUT2D eigenvalue weighted by molar-refractivity contribution is 0.568. The van der Waals surface area contributed by atoms with E-state index in [4.69, 9.17) is 16.0 Å². The Balaban J connectivity index is 1.32. The molecule has 0 saturated carbocycles. The molecule has 2 aromatic carbocycles. The summed E-state index contributed by atoms with van der Waals surface area (Å²) < 4.78 is 6.88. The molecule has 1 aliphatic rings. The number of rotatable bonds is 6. The topological polar surface area (TPSA) is 111 Å². The molecule has 6 rings (SSSR count). The van der Waals surface area contributed by atoms with Crippen LogP contribution < -0.4 is 16.2 Å². The standard InChI is InChI=1S/C28H24ClN7O2/c1-2-36-25-20(13-23(27(36)37)22-8-5-19(14-24(22)29)26-35-32-16-38-26)15-31-28(34-25)33-21-6-3-17(4-7-21)18-9-11-30-12-10-18/h3-9,13-16,30H,2,10-12H2,1H3,(H,31,33,34). The van der Waals surface area contributed by atoms with Crippen LogP contribution in [-0.2, 0) is 6.54 Å². The molecule has 38 heavy (non-hydrogen) atoms. The quantitative estimate of drug-likeness (QED) is 0.307. The van der Waals surface area contributed by atoms with Gasteiger partial charge in [-0.15, -0.1) is 10.2 Å². The highest BCUT2D eigenvalue weighted by Gasteiger charge is 2.16. The van der Waals surface area contributed by atoms with Crippen molar-refractivity contribution in [3.05, 3.63) is 88.1 Å². The molecular weight excluding hydrogens is 502 g/mol. The number of fused-ring (bicyclic) bond motifs is 1. The predicted molar refractivity (Wildman–Crippen MR) is 148 cm³/mol. The maximum Gasteiger partial charge on any atom is 0.260 e. The van der Waals surface area contributed by atoms with E-state index in [9.17, 15) is 4.79 Å². The second kappa shape index (κ2) is 10.2. The van der Waals surface area contributed by atoms with Gasteiger partial charge in [0.15, 0.2) is 0 Å². The Hall–Kier alpha value is -4.34. The van der Waals surface area contributed by atoms with E-state index in [1.54, 1.807) is 35.0 Å². The smallest absolute Gasteiger partial charge is 0.260 e. The van der Waals surface area contributed by atoms with Crippen LogP contribution in [0.15, 0.2) is 76.4 Å². The number of aryl methyl sites for hydroxylation is 1. The van der Waals surface area contributed by atoms with Crippen LogP contribution in [0.3, 0.4) is 0 Å². The first kappa shape index (κ1) is 24.0. The Kier molecular flexibility index (Phi) is 6.45. The number of anilines is 2. The molecule has 0 saturated heterocycles. The van der Waals surface area contributed by atoms with E-state index in [2.05, 4.69) is 49.0 Å². The molecule has 0 amide bonds. The highest BCUT2D eigenvalue weighted by atomic mass is 35.5. The van der Waals surface area contributed by atoms with E-state index >= 15 is 0 Å². The summed E-state index contributed by atoms with van der Waals surface area (Å²) in [6.45, 7) is 4.25. The monoisotopic (exact) mass is 525 g/mol. The summed E-state index contributed by atoms with van der Waals surface area (Å²) in [4.78, 5) is 22.7. The fraction of sp³-hybridized carbons (Fsp3) is 0.179. The molecule has 1 aliphatic heterocycles. The van der Waals surface area contributed by atoms with E-state index in [0.29, 0.717) is 45.7 Å². The molecule has 2 N–H and O–H groups in total. The maximum atomic E-state index is 13.5. The average Bonchev–Trinajstić information content (AvgIpc) is 3.49. The molecule has 190 valence electrons. The third-order valence-corrected chi connectivity index (χ3v) is 6.90. The number of hydrogen-bond donors (Lipinski definition) is 2. The highest BCUT2D eigenvalue weighted by molar-refractivity contribution is 6.33. The lowest BCUT2D eigenvalue weighted by Gasteiger charge is -2.15. The van der Waals surface area contributed by atoms with E-state index in [-0.39, 0.29) is 5.56 Å². The van der Waals surface area contributed by atoms with Crippen LogP contribution in [-0.4, -0.2) is 37.8 Å². The number of benzene rings is 2. The van der Waals surface area contributed by atoms with Gasteiger partial charge in [0.2, 0.25) is 18.2 Å². The van der Waals surface area contributed by atoms with Crippen molar-refractivity contribution in [2.75, 3.05) is 18.4 Å². The summed E-state index contributed by atoms with van der Waals surface area (Å²) in [6, 6.07) is 15.3. The maximum absolute atomic E-state index is 13.5. The van der Waals surface area contributed by atoms with E-state index < -0.39 is 0 Å². The molecule has 0 radical (unpaired) electrons. The van der Waals surface area contributed by atoms with Crippen molar-refractivity contribution in [1.82, 2.24) is 30.0 Å². The third kappa shape index (κ3) is 4.57. The van der Waals surface area contributed by atoms with E-state index in [1.165, 1.54) is 17.5 Å². The van der Waals surface area contributed by atoms with Crippen molar-refractivity contribution in [2.24, 2.45) is 0 Å². The van der Waals surface area contributed by atoms with Crippen LogP contribution >= 0.6 is 11.6 Å². The van der Waals surface area contributed by atoms with E-state index in [1.807, 2.05) is 19.1 Å². The first-order valence-electron chi connectivity index (χ1n) is 12.3. The highest BCUT2D eigenvalue weighted by Crippen LogP contribution is 2.31. The summed E-state index contributed by atoms with van der Waals surface area (Å²) in [5.41, 5.74) is 5.55. The van der Waals surface area contributed by atoms with Crippen LogP contribution in [0, 0.1) is 0 Å². The van der Waals surface area contributed by atoms with Crippen LogP contribution in [0.2, 0.25) is 5.02 Å². The predicted octanol–water partition coefficient (Wildman–Crippen LogP) is 5.30. The van der Waals surface area contributed by atoms with Gasteiger partial charge in [0.05, 0.1) is 0 Å². The van der Waals surface area contributed by atoms with Crippen molar-refractivity contribution in [1.29, 1.82) is 0 Å². The molecule has 0 atom stereocenters. The van der Waals surface area contributed by atoms with Gasteiger partial charge >= 0.3 is 0 Å². The van der Waals surface area contributed by atoms with Crippen molar-refractivity contribution in [3.8, 4) is 22.6 Å². The lowest BCUT2D eigenvalue weighted by atomic mass is 10.0. The molecule has 4 heterocycles. The number of nitrogens with one attached hydrogen (secondary N) is 2. The molecule has 0 spiro atoms. The second-order valence-electron chi connectivity index (χ2n) is 8.90. The number of aromatic nitrogens is 5. The van der Waals surface area contributed by atoms with Gasteiger partial charge in [0.25, 0.3) is 5.56 Å². The first-order chi connectivity index (χ1) is 18.6. The summed E-state index contributed by atoms with van der Waals surface area (Å²) >= 11 is 6.59. The van der Waals surface area contributed by atoms with Gasteiger partial charge in [-0.2, -0.15) is 4.98 Å². The number of halogens is 1. The fourth-order valence-corrected chi connectivity index (χ4v) is 4.93. The minimum Gasteiger partial charge on any atom is -0.423 e. The zero-order valence-electron chi connectivity index (χ0n) is 20.6.